The van der Waals surface area contributed by atoms with Gasteiger partial charge in [0.2, 0.25) is 0 Å². The number of ketones is 1. The third-order valence-electron chi connectivity index (χ3n) is 2.48. The summed E-state index contributed by atoms with van der Waals surface area (Å²) in [5, 5.41) is 0. The third kappa shape index (κ3) is 4.77. The van der Waals surface area contributed by atoms with Gasteiger partial charge in [0.15, 0.2) is 11.9 Å². The van der Waals surface area contributed by atoms with E-state index in [-0.39, 0.29) is 11.8 Å². The summed E-state index contributed by atoms with van der Waals surface area (Å²) < 4.78 is 5.02. The van der Waals surface area contributed by atoms with Crippen molar-refractivity contribution in [2.75, 3.05) is 0 Å². The number of allylic oxidation sites excluding steroid dienone is 2. The van der Waals surface area contributed by atoms with E-state index < -0.39 is 6.10 Å². The Bertz CT molecular complexity index is 256. The maximum Gasteiger partial charge on any atom is 0.303 e. The summed E-state index contributed by atoms with van der Waals surface area (Å²) >= 11 is 0. The fourth-order valence-electron chi connectivity index (χ4n) is 1.70. The first-order chi connectivity index (χ1) is 7.20. The van der Waals surface area contributed by atoms with E-state index in [2.05, 4.69) is 6.08 Å². The summed E-state index contributed by atoms with van der Waals surface area (Å²) in [5.41, 5.74) is 0. The van der Waals surface area contributed by atoms with Gasteiger partial charge in [-0.15, -0.1) is 0 Å². The van der Waals surface area contributed by atoms with E-state index in [0.717, 1.165) is 25.7 Å². The summed E-state index contributed by atoms with van der Waals surface area (Å²) in [7, 11) is 0. The summed E-state index contributed by atoms with van der Waals surface area (Å²) in [6.07, 6.45) is 8.62. The number of carbonyl (C=O) groups is 2. The van der Waals surface area contributed by atoms with Gasteiger partial charge in [-0.25, -0.2) is 0 Å². The molecule has 1 aliphatic carbocycles. The van der Waals surface area contributed by atoms with Gasteiger partial charge in [0, 0.05) is 13.3 Å². The number of Topliss-reactive ketones (excluding diaryl/α,β-unsaturated/α-hetero) is 1. The second-order valence-electron chi connectivity index (χ2n) is 3.86. The maximum atomic E-state index is 11.7. The molecule has 0 N–H and O–H groups in total. The van der Waals surface area contributed by atoms with Crippen LogP contribution in [0, 0.1) is 0 Å². The van der Waals surface area contributed by atoms with Gasteiger partial charge in [0.1, 0.15) is 0 Å². The fraction of sp³-hybridized carbons (Fsp3) is 0.667. The molecule has 0 saturated heterocycles. The van der Waals surface area contributed by atoms with Crippen LogP contribution in [0.5, 0.6) is 0 Å². The van der Waals surface area contributed by atoms with Gasteiger partial charge in [-0.2, -0.15) is 0 Å². The zero-order valence-electron chi connectivity index (χ0n) is 9.20. The highest BCUT2D eigenvalue weighted by atomic mass is 16.5. The molecule has 1 unspecified atom stereocenters. The number of carbonyl (C=O) groups excluding carboxylic acids is 2. The van der Waals surface area contributed by atoms with Crippen LogP contribution in [0.2, 0.25) is 0 Å². The van der Waals surface area contributed by atoms with E-state index in [1.807, 2.05) is 6.08 Å². The molecule has 0 bridgehead atoms. The van der Waals surface area contributed by atoms with Crippen LogP contribution in [0.1, 0.15) is 45.4 Å². The average Bonchev–Trinajstić information content (AvgIpc) is 2.19. The van der Waals surface area contributed by atoms with Crippen molar-refractivity contribution in [1.82, 2.24) is 0 Å². The second kappa shape index (κ2) is 6.38. The van der Waals surface area contributed by atoms with E-state index >= 15 is 0 Å². The van der Waals surface area contributed by atoms with Crippen LogP contribution in [0.4, 0.5) is 0 Å². The molecular formula is C12H18O3. The molecule has 0 aliphatic heterocycles. The number of rotatable bonds is 1. The minimum absolute atomic E-state index is 0.0525. The lowest BCUT2D eigenvalue weighted by Gasteiger charge is -2.16. The quantitative estimate of drug-likeness (QED) is 0.493. The van der Waals surface area contributed by atoms with Crippen molar-refractivity contribution in [3.05, 3.63) is 12.2 Å². The fourth-order valence-corrected chi connectivity index (χ4v) is 1.70. The molecule has 15 heavy (non-hydrogen) atoms. The number of hydrogen-bond donors (Lipinski definition) is 0. The summed E-state index contributed by atoms with van der Waals surface area (Å²) in [6, 6.07) is 0. The Balaban J connectivity index is 2.53. The lowest BCUT2D eigenvalue weighted by Crippen LogP contribution is -2.26. The van der Waals surface area contributed by atoms with E-state index in [9.17, 15) is 9.59 Å². The summed E-state index contributed by atoms with van der Waals surface area (Å²) in [4.78, 5) is 22.5. The van der Waals surface area contributed by atoms with E-state index in [0.29, 0.717) is 12.8 Å². The van der Waals surface area contributed by atoms with Crippen molar-refractivity contribution >= 4 is 11.8 Å². The van der Waals surface area contributed by atoms with Crippen LogP contribution in [0.15, 0.2) is 12.2 Å². The number of hydrogen-bond acceptors (Lipinski definition) is 3. The minimum Gasteiger partial charge on any atom is -0.455 e. The predicted octanol–water partition coefficient (Wildman–Crippen LogP) is 2.40. The Morgan fingerprint density at radius 3 is 2.80 bits per heavy atom. The second-order valence-corrected chi connectivity index (χ2v) is 3.86. The number of ether oxygens (including phenoxy) is 1. The van der Waals surface area contributed by atoms with Crippen LogP contribution < -0.4 is 0 Å². The summed E-state index contributed by atoms with van der Waals surface area (Å²) in [5.74, 6) is -0.308. The van der Waals surface area contributed by atoms with Gasteiger partial charge >= 0.3 is 5.97 Å². The molecule has 3 heteroatoms. The Morgan fingerprint density at radius 1 is 1.33 bits per heavy atom. The normalized spacial score (nSPS) is 25.7. The topological polar surface area (TPSA) is 43.4 Å². The smallest absolute Gasteiger partial charge is 0.303 e. The van der Waals surface area contributed by atoms with Crippen molar-refractivity contribution in [3.63, 3.8) is 0 Å². The molecule has 0 amide bonds. The molecule has 0 aromatic rings. The van der Waals surface area contributed by atoms with Crippen LogP contribution in [0.3, 0.4) is 0 Å². The van der Waals surface area contributed by atoms with Gasteiger partial charge in [-0.3, -0.25) is 9.59 Å². The minimum atomic E-state index is -0.506. The van der Waals surface area contributed by atoms with Crippen molar-refractivity contribution < 1.29 is 14.3 Å². The Morgan fingerprint density at radius 2 is 2.07 bits per heavy atom. The van der Waals surface area contributed by atoms with E-state index in [4.69, 9.17) is 4.74 Å². The highest BCUT2D eigenvalue weighted by Crippen LogP contribution is 2.13. The highest BCUT2D eigenvalue weighted by molar-refractivity contribution is 5.85. The molecule has 0 aromatic carbocycles. The molecule has 0 radical (unpaired) electrons. The molecule has 0 fully saturated rings. The molecule has 0 spiro atoms. The first-order valence-electron chi connectivity index (χ1n) is 5.55. The van der Waals surface area contributed by atoms with E-state index in [1.165, 1.54) is 6.92 Å². The first-order valence-corrected chi connectivity index (χ1v) is 5.55. The molecule has 1 rings (SSSR count). The van der Waals surface area contributed by atoms with Gasteiger partial charge in [0.25, 0.3) is 0 Å². The van der Waals surface area contributed by atoms with Crippen LogP contribution in [0.25, 0.3) is 0 Å². The van der Waals surface area contributed by atoms with Gasteiger partial charge in [0.05, 0.1) is 0 Å². The zero-order valence-corrected chi connectivity index (χ0v) is 9.20. The maximum absolute atomic E-state index is 11.7. The standard InChI is InChI=1S/C12H18O3/c1-10(13)15-12-9-7-5-3-2-4-6-8-11(12)14/h2,4,12H,3,5-9H2,1H3/b4-2-. The average molecular weight is 210 g/mol. The van der Waals surface area contributed by atoms with Crippen molar-refractivity contribution in [3.8, 4) is 0 Å². The monoisotopic (exact) mass is 210 g/mol. The Kier molecular flexibility index (Phi) is 5.08. The Hall–Kier alpha value is -1.12. The number of esters is 1. The molecule has 0 heterocycles. The Labute approximate surface area is 90.5 Å². The molecule has 1 aliphatic rings. The van der Waals surface area contributed by atoms with Crippen LogP contribution in [-0.4, -0.2) is 17.9 Å². The third-order valence-corrected chi connectivity index (χ3v) is 2.48. The largest absolute Gasteiger partial charge is 0.455 e. The zero-order chi connectivity index (χ0) is 11.1. The molecule has 0 aromatic heterocycles. The highest BCUT2D eigenvalue weighted by Gasteiger charge is 2.20. The molecule has 3 nitrogen and oxygen atoms in total. The van der Waals surface area contributed by atoms with E-state index in [1.54, 1.807) is 0 Å². The van der Waals surface area contributed by atoms with Crippen LogP contribution in [-0.2, 0) is 14.3 Å². The molecule has 84 valence electrons. The van der Waals surface area contributed by atoms with Gasteiger partial charge in [-0.1, -0.05) is 12.2 Å². The van der Waals surface area contributed by atoms with Crippen LogP contribution >= 0.6 is 0 Å². The van der Waals surface area contributed by atoms with Crippen molar-refractivity contribution in [2.45, 2.75) is 51.6 Å². The molecular weight excluding hydrogens is 192 g/mol. The lowest BCUT2D eigenvalue weighted by atomic mass is 10.0. The SMILES string of the molecule is CC(=O)OC1CCCC/C=C\CCC1=O. The molecule has 1 atom stereocenters. The lowest BCUT2D eigenvalue weighted by molar-refractivity contribution is -0.153. The van der Waals surface area contributed by atoms with Gasteiger partial charge in [-0.05, 0) is 32.1 Å². The van der Waals surface area contributed by atoms with Gasteiger partial charge < -0.3 is 4.74 Å². The predicted molar refractivity (Wildman–Crippen MR) is 57.4 cm³/mol. The molecule has 0 saturated carbocycles. The van der Waals surface area contributed by atoms with Crippen molar-refractivity contribution in [1.29, 1.82) is 0 Å². The summed E-state index contributed by atoms with van der Waals surface area (Å²) in [6.45, 7) is 1.35. The first kappa shape index (κ1) is 12.0. The van der Waals surface area contributed by atoms with Crippen molar-refractivity contribution in [2.24, 2.45) is 0 Å².